The second-order valence-electron chi connectivity index (χ2n) is 5.52. The summed E-state index contributed by atoms with van der Waals surface area (Å²) >= 11 is 0. The van der Waals surface area contributed by atoms with E-state index in [-0.39, 0.29) is 12.2 Å². The zero-order valence-electron chi connectivity index (χ0n) is 13.2. The van der Waals surface area contributed by atoms with Gasteiger partial charge in [0.05, 0.1) is 20.3 Å². The molecule has 1 saturated heterocycles. The molecule has 22 heavy (non-hydrogen) atoms. The van der Waals surface area contributed by atoms with Crippen LogP contribution in [-0.2, 0) is 25.6 Å². The smallest absolute Gasteiger partial charge is 0.164 e. The molecule has 2 atom stereocenters. The van der Waals surface area contributed by atoms with Gasteiger partial charge in [-0.05, 0) is 43.7 Å². The molecular formula is C17H22O5. The fourth-order valence-electron chi connectivity index (χ4n) is 2.32. The van der Waals surface area contributed by atoms with Crippen molar-refractivity contribution in [3.05, 3.63) is 42.0 Å². The molecule has 0 saturated carbocycles. The first kappa shape index (κ1) is 16.7. The first-order valence-corrected chi connectivity index (χ1v) is 7.22. The number of carbonyl (C=O) groups is 1. The molecule has 1 aliphatic heterocycles. The number of allylic oxidation sites excluding steroid dienone is 1. The van der Waals surface area contributed by atoms with Gasteiger partial charge in [0.1, 0.15) is 24.2 Å². The van der Waals surface area contributed by atoms with E-state index in [0.717, 1.165) is 17.6 Å². The summed E-state index contributed by atoms with van der Waals surface area (Å²) in [5, 5.41) is 0. The highest BCUT2D eigenvalue weighted by atomic mass is 16.8. The predicted molar refractivity (Wildman–Crippen MR) is 81.7 cm³/mol. The Morgan fingerprint density at radius 2 is 1.95 bits per heavy atom. The standard InChI is InChI=1S/C17H22O5/c1-17(2)21-15(5-4-10-18)16(22-17)12-20-11-13-6-8-14(19-3)9-7-13/h4-10,15-16H,11-12H2,1-3H3/b5-4+/t15-,16-/m0/s1. The van der Waals surface area contributed by atoms with Crippen LogP contribution in [-0.4, -0.2) is 38.0 Å². The molecule has 1 heterocycles. The van der Waals surface area contributed by atoms with Gasteiger partial charge in [-0.25, -0.2) is 0 Å². The molecule has 0 radical (unpaired) electrons. The molecular weight excluding hydrogens is 284 g/mol. The van der Waals surface area contributed by atoms with Crippen LogP contribution in [0.3, 0.4) is 0 Å². The number of hydrogen-bond donors (Lipinski definition) is 0. The summed E-state index contributed by atoms with van der Waals surface area (Å²) in [5.74, 6) is 0.142. The summed E-state index contributed by atoms with van der Waals surface area (Å²) in [6.45, 7) is 4.56. The Kier molecular flexibility index (Phi) is 5.71. The van der Waals surface area contributed by atoms with Gasteiger partial charge >= 0.3 is 0 Å². The van der Waals surface area contributed by atoms with E-state index in [2.05, 4.69) is 0 Å². The summed E-state index contributed by atoms with van der Waals surface area (Å²) in [6.07, 6.45) is 3.33. The van der Waals surface area contributed by atoms with Crippen molar-refractivity contribution in [3.63, 3.8) is 0 Å². The number of carbonyl (C=O) groups excluding carboxylic acids is 1. The van der Waals surface area contributed by atoms with E-state index in [1.165, 1.54) is 6.08 Å². The largest absolute Gasteiger partial charge is 0.497 e. The monoisotopic (exact) mass is 306 g/mol. The number of hydrogen-bond acceptors (Lipinski definition) is 5. The minimum absolute atomic E-state index is 0.232. The first-order valence-electron chi connectivity index (χ1n) is 7.22. The Morgan fingerprint density at radius 3 is 2.59 bits per heavy atom. The third-order valence-electron chi connectivity index (χ3n) is 3.31. The van der Waals surface area contributed by atoms with Gasteiger partial charge in [0, 0.05) is 0 Å². The zero-order chi connectivity index (χ0) is 16.0. The van der Waals surface area contributed by atoms with Gasteiger partial charge in [-0.2, -0.15) is 0 Å². The van der Waals surface area contributed by atoms with Crippen LogP contribution >= 0.6 is 0 Å². The van der Waals surface area contributed by atoms with Gasteiger partial charge in [0.2, 0.25) is 0 Å². The summed E-state index contributed by atoms with van der Waals surface area (Å²) < 4.78 is 22.4. The topological polar surface area (TPSA) is 54.0 Å². The third-order valence-corrected chi connectivity index (χ3v) is 3.31. The number of aldehydes is 1. The zero-order valence-corrected chi connectivity index (χ0v) is 13.2. The lowest BCUT2D eigenvalue weighted by Crippen LogP contribution is -2.26. The second kappa shape index (κ2) is 7.54. The second-order valence-corrected chi connectivity index (χ2v) is 5.52. The van der Waals surface area contributed by atoms with Gasteiger partial charge in [-0.3, -0.25) is 4.79 Å². The Hall–Kier alpha value is -1.69. The number of ether oxygens (including phenoxy) is 4. The van der Waals surface area contributed by atoms with Crippen molar-refractivity contribution < 1.29 is 23.7 Å². The van der Waals surface area contributed by atoms with Crippen molar-refractivity contribution in [3.8, 4) is 5.75 Å². The predicted octanol–water partition coefficient (Wildman–Crippen LogP) is 2.49. The lowest BCUT2D eigenvalue weighted by Gasteiger charge is -2.16. The van der Waals surface area contributed by atoms with E-state index in [9.17, 15) is 4.79 Å². The van der Waals surface area contributed by atoms with E-state index in [0.29, 0.717) is 13.2 Å². The highest BCUT2D eigenvalue weighted by molar-refractivity contribution is 5.64. The lowest BCUT2D eigenvalue weighted by atomic mass is 10.2. The van der Waals surface area contributed by atoms with Crippen LogP contribution in [0.1, 0.15) is 19.4 Å². The molecule has 1 fully saturated rings. The third kappa shape index (κ3) is 4.66. The quantitative estimate of drug-likeness (QED) is 0.572. The van der Waals surface area contributed by atoms with Crippen molar-refractivity contribution >= 4 is 6.29 Å². The van der Waals surface area contributed by atoms with Crippen LogP contribution in [0.5, 0.6) is 5.75 Å². The van der Waals surface area contributed by atoms with Crippen LogP contribution < -0.4 is 4.74 Å². The molecule has 5 nitrogen and oxygen atoms in total. The first-order chi connectivity index (χ1) is 10.5. The summed E-state index contributed by atoms with van der Waals surface area (Å²) in [5.41, 5.74) is 1.05. The molecule has 0 N–H and O–H groups in total. The van der Waals surface area contributed by atoms with E-state index >= 15 is 0 Å². The minimum Gasteiger partial charge on any atom is -0.497 e. The van der Waals surface area contributed by atoms with E-state index in [1.807, 2.05) is 38.1 Å². The van der Waals surface area contributed by atoms with Crippen LogP contribution in [0, 0.1) is 0 Å². The molecule has 1 aromatic carbocycles. The normalized spacial score (nSPS) is 23.8. The molecule has 0 amide bonds. The highest BCUT2D eigenvalue weighted by Crippen LogP contribution is 2.29. The average molecular weight is 306 g/mol. The van der Waals surface area contributed by atoms with E-state index < -0.39 is 5.79 Å². The van der Waals surface area contributed by atoms with Crippen LogP contribution in [0.4, 0.5) is 0 Å². The van der Waals surface area contributed by atoms with Crippen molar-refractivity contribution in [2.75, 3.05) is 13.7 Å². The Labute approximate surface area is 130 Å². The SMILES string of the molecule is COc1ccc(COC[C@@H]2OC(C)(C)O[C@H]2/C=C/C=O)cc1. The Bertz CT molecular complexity index is 506. The number of methoxy groups -OCH3 is 1. The van der Waals surface area contributed by atoms with Gasteiger partial charge in [-0.1, -0.05) is 12.1 Å². The Morgan fingerprint density at radius 1 is 1.23 bits per heavy atom. The molecule has 0 unspecified atom stereocenters. The van der Waals surface area contributed by atoms with Crippen molar-refractivity contribution in [2.24, 2.45) is 0 Å². The van der Waals surface area contributed by atoms with Crippen molar-refractivity contribution in [2.45, 2.75) is 38.4 Å². The van der Waals surface area contributed by atoms with E-state index in [4.69, 9.17) is 18.9 Å². The maximum atomic E-state index is 10.5. The van der Waals surface area contributed by atoms with Gasteiger partial charge in [0.15, 0.2) is 5.79 Å². The van der Waals surface area contributed by atoms with Gasteiger partial charge < -0.3 is 18.9 Å². The fourth-order valence-corrected chi connectivity index (χ4v) is 2.32. The molecule has 1 aliphatic rings. The van der Waals surface area contributed by atoms with Crippen molar-refractivity contribution in [1.82, 2.24) is 0 Å². The van der Waals surface area contributed by atoms with E-state index in [1.54, 1.807) is 13.2 Å². The average Bonchev–Trinajstić information content (AvgIpc) is 2.80. The lowest BCUT2D eigenvalue weighted by molar-refractivity contribution is -0.148. The van der Waals surface area contributed by atoms with Crippen LogP contribution in [0.2, 0.25) is 0 Å². The number of benzene rings is 1. The molecule has 2 rings (SSSR count). The molecule has 1 aromatic rings. The molecule has 0 aromatic heterocycles. The molecule has 0 bridgehead atoms. The number of rotatable bonds is 7. The Balaban J connectivity index is 1.86. The van der Waals surface area contributed by atoms with Crippen LogP contribution in [0.15, 0.2) is 36.4 Å². The minimum atomic E-state index is -0.675. The van der Waals surface area contributed by atoms with Crippen molar-refractivity contribution in [1.29, 1.82) is 0 Å². The highest BCUT2D eigenvalue weighted by Gasteiger charge is 2.39. The summed E-state index contributed by atoms with van der Waals surface area (Å²) in [6, 6.07) is 7.70. The maximum Gasteiger partial charge on any atom is 0.164 e. The van der Waals surface area contributed by atoms with Gasteiger partial charge in [0.25, 0.3) is 0 Å². The van der Waals surface area contributed by atoms with Gasteiger partial charge in [-0.15, -0.1) is 0 Å². The molecule has 0 aliphatic carbocycles. The van der Waals surface area contributed by atoms with Crippen LogP contribution in [0.25, 0.3) is 0 Å². The summed E-state index contributed by atoms with van der Waals surface area (Å²) in [4.78, 5) is 10.5. The molecule has 120 valence electrons. The molecule has 0 spiro atoms. The summed E-state index contributed by atoms with van der Waals surface area (Å²) in [7, 11) is 1.64. The fraction of sp³-hybridized carbons (Fsp3) is 0.471. The maximum absolute atomic E-state index is 10.5. The molecule has 5 heteroatoms.